The number of rotatable bonds is 0. The first-order valence-corrected chi connectivity index (χ1v) is 9.72. The second-order valence-electron chi connectivity index (χ2n) is 6.78. The Morgan fingerprint density at radius 3 is 1.92 bits per heavy atom. The maximum Gasteiger partial charge on any atom is 0.155 e. The highest BCUT2D eigenvalue weighted by Gasteiger charge is 2.02. The van der Waals surface area contributed by atoms with Crippen LogP contribution in [0.15, 0.2) is 24.3 Å². The summed E-state index contributed by atoms with van der Waals surface area (Å²) < 4.78 is 10.9. The van der Waals surface area contributed by atoms with Gasteiger partial charge in [0.2, 0.25) is 0 Å². The molecule has 0 saturated heterocycles. The Bertz CT molecular complexity index is 426. The molecule has 0 aliphatic carbocycles. The number of carbonyl (C=O) groups is 2. The molecule has 0 aromatic carbocycles. The zero-order valence-corrected chi connectivity index (χ0v) is 15.7. The Balaban J connectivity index is 2.34. The van der Waals surface area contributed by atoms with Crippen molar-refractivity contribution in [3.63, 3.8) is 0 Å². The molecule has 0 saturated carbocycles. The first-order chi connectivity index (χ1) is 12.2. The van der Waals surface area contributed by atoms with Crippen LogP contribution >= 0.6 is 0 Å². The summed E-state index contributed by atoms with van der Waals surface area (Å²) in [4.78, 5) is 23.5. The van der Waals surface area contributed by atoms with Gasteiger partial charge in [0.1, 0.15) is 0 Å². The van der Waals surface area contributed by atoms with E-state index < -0.39 is 0 Å². The molecule has 0 aromatic heterocycles. The lowest BCUT2D eigenvalue weighted by Crippen LogP contribution is -2.07. The third-order valence-electron chi connectivity index (χ3n) is 4.30. The summed E-state index contributed by atoms with van der Waals surface area (Å²) in [5.74, 6) is 1.02. The van der Waals surface area contributed by atoms with E-state index in [0.717, 1.165) is 44.9 Å². The van der Waals surface area contributed by atoms with Gasteiger partial charge in [-0.2, -0.15) is 0 Å². The molecule has 1 unspecified atom stereocenters. The van der Waals surface area contributed by atoms with Crippen LogP contribution in [-0.4, -0.2) is 38.0 Å². The van der Waals surface area contributed by atoms with Gasteiger partial charge in [0.25, 0.3) is 0 Å². The minimum Gasteiger partial charge on any atom is -0.379 e. The summed E-state index contributed by atoms with van der Waals surface area (Å²) in [6.45, 7) is 4.50. The van der Waals surface area contributed by atoms with Crippen molar-refractivity contribution in [1.29, 1.82) is 0 Å². The Morgan fingerprint density at radius 2 is 1.32 bits per heavy atom. The fourth-order valence-corrected chi connectivity index (χ4v) is 2.72. The molecule has 0 N–H and O–H groups in total. The highest BCUT2D eigenvalue weighted by Crippen LogP contribution is 2.14. The first-order valence-electron chi connectivity index (χ1n) is 9.72. The summed E-state index contributed by atoms with van der Waals surface area (Å²) in [5, 5.41) is 0. The van der Waals surface area contributed by atoms with Gasteiger partial charge in [0.05, 0.1) is 13.2 Å². The van der Waals surface area contributed by atoms with Gasteiger partial charge in [0.15, 0.2) is 11.6 Å². The molecule has 142 valence electrons. The molecule has 0 amide bonds. The minimum atomic E-state index is 0.185. The topological polar surface area (TPSA) is 52.6 Å². The number of ether oxygens (including phenoxy) is 2. The van der Waals surface area contributed by atoms with Gasteiger partial charge < -0.3 is 9.47 Å². The standard InChI is InChI=1S/C21H34O4/c1-19-9-3-2-4-11-20(22)13-7-15-24-17-18-25-16-8-14-21(23)12-6-5-10-19/h4,6,11-12,19H,2-3,5,7-10,13-18H2,1H3/b11-4+,12-6+. The Morgan fingerprint density at radius 1 is 0.760 bits per heavy atom. The highest BCUT2D eigenvalue weighted by atomic mass is 16.5. The predicted octanol–water partition coefficient (Wildman–Crippen LogP) is 4.43. The van der Waals surface area contributed by atoms with E-state index in [2.05, 4.69) is 6.92 Å². The lowest BCUT2D eigenvalue weighted by atomic mass is 9.98. The van der Waals surface area contributed by atoms with Gasteiger partial charge >= 0.3 is 0 Å². The molecule has 0 aromatic rings. The molecular formula is C21H34O4. The normalized spacial score (nSPS) is 27.0. The third-order valence-corrected chi connectivity index (χ3v) is 4.30. The quantitative estimate of drug-likeness (QED) is 0.648. The second-order valence-corrected chi connectivity index (χ2v) is 6.78. The van der Waals surface area contributed by atoms with E-state index in [4.69, 9.17) is 9.47 Å². The van der Waals surface area contributed by atoms with Crippen molar-refractivity contribution in [1.82, 2.24) is 0 Å². The van der Waals surface area contributed by atoms with Crippen molar-refractivity contribution < 1.29 is 19.1 Å². The summed E-state index contributed by atoms with van der Waals surface area (Å²) in [5.41, 5.74) is 0. The zero-order chi connectivity index (χ0) is 18.2. The maximum atomic E-state index is 11.7. The van der Waals surface area contributed by atoms with Crippen molar-refractivity contribution in [3.05, 3.63) is 24.3 Å². The summed E-state index contributed by atoms with van der Waals surface area (Å²) in [6.07, 6.45) is 15.3. The molecule has 1 heterocycles. The number of carbonyl (C=O) groups excluding carboxylic acids is 2. The lowest BCUT2D eigenvalue weighted by Gasteiger charge is -2.08. The van der Waals surface area contributed by atoms with Crippen LogP contribution in [0.1, 0.15) is 64.7 Å². The fraction of sp³-hybridized carbons (Fsp3) is 0.714. The Kier molecular flexibility index (Phi) is 13.1. The molecule has 1 atom stereocenters. The largest absolute Gasteiger partial charge is 0.379 e. The van der Waals surface area contributed by atoms with E-state index in [9.17, 15) is 9.59 Å². The van der Waals surface area contributed by atoms with E-state index in [1.54, 1.807) is 12.2 Å². The molecule has 25 heavy (non-hydrogen) atoms. The Labute approximate surface area is 152 Å². The smallest absolute Gasteiger partial charge is 0.155 e. The van der Waals surface area contributed by atoms with Gasteiger partial charge in [-0.05, 0) is 56.6 Å². The molecule has 0 bridgehead atoms. The third kappa shape index (κ3) is 13.7. The lowest BCUT2D eigenvalue weighted by molar-refractivity contribution is -0.115. The first kappa shape index (κ1) is 21.8. The number of ketones is 2. The van der Waals surface area contributed by atoms with Crippen LogP contribution in [0.2, 0.25) is 0 Å². The molecule has 1 aliphatic rings. The van der Waals surface area contributed by atoms with Crippen molar-refractivity contribution in [2.75, 3.05) is 26.4 Å². The predicted molar refractivity (Wildman–Crippen MR) is 101 cm³/mol. The average molecular weight is 350 g/mol. The molecule has 1 rings (SSSR count). The van der Waals surface area contributed by atoms with Crippen LogP contribution in [0, 0.1) is 5.92 Å². The van der Waals surface area contributed by atoms with Crippen LogP contribution in [0.4, 0.5) is 0 Å². The van der Waals surface area contributed by atoms with Crippen molar-refractivity contribution in [2.45, 2.75) is 64.7 Å². The second kappa shape index (κ2) is 15.0. The van der Waals surface area contributed by atoms with Crippen molar-refractivity contribution >= 4 is 11.6 Å². The zero-order valence-electron chi connectivity index (χ0n) is 15.7. The molecule has 0 radical (unpaired) electrons. The monoisotopic (exact) mass is 350 g/mol. The summed E-state index contributed by atoms with van der Waals surface area (Å²) in [7, 11) is 0. The van der Waals surface area contributed by atoms with E-state index >= 15 is 0 Å². The van der Waals surface area contributed by atoms with Gasteiger partial charge in [-0.3, -0.25) is 9.59 Å². The molecule has 0 spiro atoms. The van der Waals surface area contributed by atoms with Gasteiger partial charge in [-0.1, -0.05) is 25.5 Å². The van der Waals surface area contributed by atoms with E-state index in [1.807, 2.05) is 12.2 Å². The van der Waals surface area contributed by atoms with E-state index in [1.165, 1.54) is 0 Å². The minimum absolute atomic E-state index is 0.185. The molecular weight excluding hydrogens is 316 g/mol. The number of hydrogen-bond acceptors (Lipinski definition) is 4. The van der Waals surface area contributed by atoms with Crippen LogP contribution in [0.25, 0.3) is 0 Å². The van der Waals surface area contributed by atoms with E-state index in [-0.39, 0.29) is 11.6 Å². The van der Waals surface area contributed by atoms with E-state index in [0.29, 0.717) is 45.2 Å². The van der Waals surface area contributed by atoms with Crippen LogP contribution < -0.4 is 0 Å². The van der Waals surface area contributed by atoms with Crippen LogP contribution in [-0.2, 0) is 19.1 Å². The van der Waals surface area contributed by atoms with Gasteiger partial charge in [-0.15, -0.1) is 0 Å². The SMILES string of the molecule is CC1CC/C=C/C(=O)CCCOCCOCCCC(=O)/C=C/CCC1. The maximum absolute atomic E-state index is 11.7. The fourth-order valence-electron chi connectivity index (χ4n) is 2.72. The molecule has 0 fully saturated rings. The van der Waals surface area contributed by atoms with Gasteiger partial charge in [0, 0.05) is 26.1 Å². The Hall–Kier alpha value is -1.26. The van der Waals surface area contributed by atoms with Crippen LogP contribution in [0.5, 0.6) is 0 Å². The summed E-state index contributed by atoms with van der Waals surface area (Å²) in [6, 6.07) is 0. The average Bonchev–Trinajstić information content (AvgIpc) is 2.59. The van der Waals surface area contributed by atoms with Crippen molar-refractivity contribution in [3.8, 4) is 0 Å². The number of allylic oxidation sites excluding steroid dienone is 4. The van der Waals surface area contributed by atoms with Crippen molar-refractivity contribution in [2.24, 2.45) is 5.92 Å². The van der Waals surface area contributed by atoms with Gasteiger partial charge in [-0.25, -0.2) is 0 Å². The number of hydrogen-bond donors (Lipinski definition) is 0. The molecule has 1 aliphatic heterocycles. The van der Waals surface area contributed by atoms with Crippen LogP contribution in [0.3, 0.4) is 0 Å². The summed E-state index contributed by atoms with van der Waals surface area (Å²) >= 11 is 0. The molecule has 4 heteroatoms. The molecule has 4 nitrogen and oxygen atoms in total. The highest BCUT2D eigenvalue weighted by molar-refractivity contribution is 5.89.